The SMILES string of the molecule is Cc1cc(C(C)(C)C)cc(C)c1CCNC(=O)Br. The summed E-state index contributed by atoms with van der Waals surface area (Å²) in [4.78, 5) is 10.6. The molecule has 0 saturated carbocycles. The summed E-state index contributed by atoms with van der Waals surface area (Å²) < 4.78 is 0. The van der Waals surface area contributed by atoms with E-state index in [0.717, 1.165) is 6.42 Å². The fourth-order valence-electron chi connectivity index (χ4n) is 2.11. The van der Waals surface area contributed by atoms with E-state index < -0.39 is 0 Å². The molecule has 100 valence electrons. The van der Waals surface area contributed by atoms with Crippen LogP contribution in [-0.4, -0.2) is 11.4 Å². The molecule has 0 heterocycles. The maximum atomic E-state index is 10.8. The third-order valence-electron chi connectivity index (χ3n) is 3.20. The lowest BCUT2D eigenvalue weighted by Crippen LogP contribution is -2.20. The van der Waals surface area contributed by atoms with E-state index in [2.05, 4.69) is 68.0 Å². The van der Waals surface area contributed by atoms with Crippen LogP contribution in [0.3, 0.4) is 0 Å². The Labute approximate surface area is 118 Å². The molecule has 18 heavy (non-hydrogen) atoms. The minimum Gasteiger partial charge on any atom is -0.346 e. The van der Waals surface area contributed by atoms with Crippen LogP contribution < -0.4 is 5.32 Å². The van der Waals surface area contributed by atoms with Gasteiger partial charge in [0.2, 0.25) is 0 Å². The van der Waals surface area contributed by atoms with Crippen LogP contribution in [0.25, 0.3) is 0 Å². The van der Waals surface area contributed by atoms with Crippen LogP contribution in [0, 0.1) is 13.8 Å². The Hall–Kier alpha value is -0.830. The summed E-state index contributed by atoms with van der Waals surface area (Å²) in [5, 5.41) is 2.77. The van der Waals surface area contributed by atoms with E-state index in [4.69, 9.17) is 0 Å². The number of amides is 1. The highest BCUT2D eigenvalue weighted by Crippen LogP contribution is 2.26. The van der Waals surface area contributed by atoms with Gasteiger partial charge in [-0.2, -0.15) is 0 Å². The molecule has 0 aliphatic rings. The fraction of sp³-hybridized carbons (Fsp3) is 0.533. The van der Waals surface area contributed by atoms with Crippen molar-refractivity contribution in [3.8, 4) is 0 Å². The summed E-state index contributed by atoms with van der Waals surface area (Å²) in [7, 11) is 0. The number of carbonyl (C=O) groups excluding carboxylic acids is 1. The van der Waals surface area contributed by atoms with Gasteiger partial charge in [-0.05, 0) is 47.9 Å². The first-order chi connectivity index (χ1) is 8.21. The molecule has 1 amide bonds. The summed E-state index contributed by atoms with van der Waals surface area (Å²) in [6.07, 6.45) is 0.874. The topological polar surface area (TPSA) is 29.1 Å². The van der Waals surface area contributed by atoms with E-state index in [1.54, 1.807) is 0 Å². The van der Waals surface area contributed by atoms with Crippen LogP contribution in [0.4, 0.5) is 4.79 Å². The second kappa shape index (κ2) is 5.87. The molecule has 0 aliphatic carbocycles. The van der Waals surface area contributed by atoms with Crippen LogP contribution in [0.1, 0.15) is 43.0 Å². The lowest BCUT2D eigenvalue weighted by atomic mass is 9.83. The molecule has 0 spiro atoms. The molecule has 1 N–H and O–H groups in total. The van der Waals surface area contributed by atoms with E-state index in [-0.39, 0.29) is 10.2 Å². The predicted octanol–water partition coefficient (Wildman–Crippen LogP) is 4.25. The molecule has 0 saturated heterocycles. The Morgan fingerprint density at radius 3 is 2.11 bits per heavy atom. The zero-order valence-electron chi connectivity index (χ0n) is 11.9. The molecule has 0 unspecified atom stereocenters. The Morgan fingerprint density at radius 2 is 1.72 bits per heavy atom. The zero-order valence-corrected chi connectivity index (χ0v) is 13.4. The molecular weight excluding hydrogens is 290 g/mol. The summed E-state index contributed by atoms with van der Waals surface area (Å²) >= 11 is 2.87. The van der Waals surface area contributed by atoms with E-state index in [9.17, 15) is 4.79 Å². The molecule has 2 nitrogen and oxygen atoms in total. The molecule has 1 aromatic carbocycles. The lowest BCUT2D eigenvalue weighted by Gasteiger charge is -2.22. The van der Waals surface area contributed by atoms with Crippen LogP contribution >= 0.6 is 15.9 Å². The van der Waals surface area contributed by atoms with Crippen molar-refractivity contribution in [2.45, 2.75) is 46.5 Å². The fourth-order valence-corrected chi connectivity index (χ4v) is 2.30. The van der Waals surface area contributed by atoms with Gasteiger partial charge in [0.05, 0.1) is 0 Å². The van der Waals surface area contributed by atoms with Gasteiger partial charge in [-0.1, -0.05) is 32.9 Å². The number of carbonyl (C=O) groups is 1. The van der Waals surface area contributed by atoms with Crippen LogP contribution in [0.15, 0.2) is 12.1 Å². The highest BCUT2D eigenvalue weighted by Gasteiger charge is 2.16. The average molecular weight is 312 g/mol. The summed E-state index contributed by atoms with van der Waals surface area (Å²) in [6, 6.07) is 4.52. The molecule has 3 heteroatoms. The quantitative estimate of drug-likeness (QED) is 0.656. The zero-order chi connectivity index (χ0) is 13.9. The Morgan fingerprint density at radius 1 is 1.22 bits per heavy atom. The van der Waals surface area contributed by atoms with Gasteiger partial charge < -0.3 is 5.32 Å². The highest BCUT2D eigenvalue weighted by molar-refractivity contribution is 9.18. The molecule has 0 fully saturated rings. The maximum Gasteiger partial charge on any atom is 0.287 e. The van der Waals surface area contributed by atoms with Crippen molar-refractivity contribution < 1.29 is 4.79 Å². The molecule has 1 aromatic rings. The van der Waals surface area contributed by atoms with Gasteiger partial charge in [-0.15, -0.1) is 0 Å². The first-order valence-electron chi connectivity index (χ1n) is 6.25. The maximum absolute atomic E-state index is 10.8. The number of halogens is 1. The third kappa shape index (κ3) is 4.13. The monoisotopic (exact) mass is 311 g/mol. The molecule has 1 rings (SSSR count). The molecule has 0 radical (unpaired) electrons. The van der Waals surface area contributed by atoms with E-state index >= 15 is 0 Å². The smallest absolute Gasteiger partial charge is 0.287 e. The number of nitrogens with one attached hydrogen (secondary N) is 1. The van der Waals surface area contributed by atoms with Gasteiger partial charge in [-0.25, -0.2) is 0 Å². The van der Waals surface area contributed by atoms with Crippen LogP contribution in [0.2, 0.25) is 0 Å². The summed E-state index contributed by atoms with van der Waals surface area (Å²) in [5.41, 5.74) is 5.50. The highest BCUT2D eigenvalue weighted by atomic mass is 79.9. The van der Waals surface area contributed by atoms with E-state index in [0.29, 0.717) is 6.54 Å². The van der Waals surface area contributed by atoms with Crippen LogP contribution in [0.5, 0.6) is 0 Å². The third-order valence-corrected chi connectivity index (χ3v) is 3.48. The predicted molar refractivity (Wildman–Crippen MR) is 80.6 cm³/mol. The van der Waals surface area contributed by atoms with Gasteiger partial charge in [0, 0.05) is 22.5 Å². The number of aryl methyl sites for hydroxylation is 2. The van der Waals surface area contributed by atoms with Crippen molar-refractivity contribution in [3.63, 3.8) is 0 Å². The molecule has 0 atom stereocenters. The van der Waals surface area contributed by atoms with Gasteiger partial charge in [0.15, 0.2) is 0 Å². The van der Waals surface area contributed by atoms with Gasteiger partial charge >= 0.3 is 0 Å². The number of benzene rings is 1. The second-order valence-electron chi connectivity index (χ2n) is 5.79. The number of rotatable bonds is 3. The summed E-state index contributed by atoms with van der Waals surface area (Å²) in [6.45, 7) is 11.6. The average Bonchev–Trinajstić information content (AvgIpc) is 2.20. The Kier molecular flexibility index (Phi) is 4.97. The molecule has 0 aliphatic heterocycles. The number of hydrogen-bond donors (Lipinski definition) is 1. The van der Waals surface area contributed by atoms with Gasteiger partial charge in [0.1, 0.15) is 0 Å². The Bertz CT molecular complexity index is 423. The van der Waals surface area contributed by atoms with Crippen molar-refractivity contribution >= 4 is 20.7 Å². The van der Waals surface area contributed by atoms with Gasteiger partial charge in [-0.3, -0.25) is 4.79 Å². The standard InChI is InChI=1S/C15H22BrNO/c1-10-8-12(15(3,4)5)9-11(2)13(10)6-7-17-14(16)18/h8-9H,6-7H2,1-5H3,(H,17,18). The van der Waals surface area contributed by atoms with Gasteiger partial charge in [0.25, 0.3) is 4.82 Å². The van der Waals surface area contributed by atoms with Crippen LogP contribution in [-0.2, 0) is 11.8 Å². The van der Waals surface area contributed by atoms with E-state index in [1.165, 1.54) is 22.3 Å². The van der Waals surface area contributed by atoms with Crippen molar-refractivity contribution in [2.75, 3.05) is 6.54 Å². The lowest BCUT2D eigenvalue weighted by molar-refractivity contribution is 0.262. The van der Waals surface area contributed by atoms with Crippen molar-refractivity contribution in [1.82, 2.24) is 5.32 Å². The van der Waals surface area contributed by atoms with Crippen molar-refractivity contribution in [1.29, 1.82) is 0 Å². The first-order valence-corrected chi connectivity index (χ1v) is 7.05. The van der Waals surface area contributed by atoms with Crippen molar-refractivity contribution in [2.24, 2.45) is 0 Å². The molecule has 0 bridgehead atoms. The minimum absolute atomic E-state index is 0.149. The largest absolute Gasteiger partial charge is 0.346 e. The first kappa shape index (κ1) is 15.2. The Balaban J connectivity index is 2.91. The number of hydrogen-bond acceptors (Lipinski definition) is 1. The van der Waals surface area contributed by atoms with Crippen molar-refractivity contribution in [3.05, 3.63) is 34.4 Å². The second-order valence-corrected chi connectivity index (χ2v) is 6.51. The summed E-state index contributed by atoms with van der Waals surface area (Å²) in [5.74, 6) is 0. The minimum atomic E-state index is -0.149. The molecular formula is C15H22BrNO. The normalized spacial score (nSPS) is 11.4. The molecule has 0 aromatic heterocycles. The van der Waals surface area contributed by atoms with E-state index in [1.807, 2.05) is 0 Å².